The number of anilines is 2. The standard InChI is InChI=1S/C20H24ClN3O2/c1-13-10-18(19(26-2)11-16(13)21)24-20(25)17-9-8-15(12-22-17)23-14-6-4-3-5-7-14/h8-12,14,23H,3-7H2,1-2H3,(H,24,25). The molecule has 1 heterocycles. The predicted molar refractivity (Wildman–Crippen MR) is 105 cm³/mol. The van der Waals surface area contributed by atoms with Gasteiger partial charge in [0.15, 0.2) is 0 Å². The van der Waals surface area contributed by atoms with Crippen LogP contribution in [0.2, 0.25) is 5.02 Å². The van der Waals surface area contributed by atoms with Crippen molar-refractivity contribution in [3.8, 4) is 5.75 Å². The normalized spacial score (nSPS) is 14.7. The van der Waals surface area contributed by atoms with Crippen molar-refractivity contribution >= 4 is 28.9 Å². The zero-order valence-electron chi connectivity index (χ0n) is 15.1. The second-order valence-electron chi connectivity index (χ2n) is 6.67. The average Bonchev–Trinajstić information content (AvgIpc) is 2.66. The first-order valence-electron chi connectivity index (χ1n) is 8.95. The van der Waals surface area contributed by atoms with Gasteiger partial charge in [-0.1, -0.05) is 30.9 Å². The Labute approximate surface area is 159 Å². The van der Waals surface area contributed by atoms with Crippen molar-refractivity contribution < 1.29 is 9.53 Å². The molecule has 26 heavy (non-hydrogen) atoms. The topological polar surface area (TPSA) is 63.2 Å². The number of methoxy groups -OCH3 is 1. The maximum absolute atomic E-state index is 12.5. The number of nitrogens with zero attached hydrogens (tertiary/aromatic N) is 1. The van der Waals surface area contributed by atoms with Gasteiger partial charge in [0.1, 0.15) is 11.4 Å². The fraction of sp³-hybridized carbons (Fsp3) is 0.400. The Kier molecular flexibility index (Phi) is 5.99. The molecule has 5 nitrogen and oxygen atoms in total. The lowest BCUT2D eigenvalue weighted by Crippen LogP contribution is -2.22. The first-order chi connectivity index (χ1) is 12.6. The van der Waals surface area contributed by atoms with E-state index in [4.69, 9.17) is 16.3 Å². The molecule has 1 aromatic heterocycles. The number of halogens is 1. The van der Waals surface area contributed by atoms with Gasteiger partial charge in [-0.3, -0.25) is 4.79 Å². The van der Waals surface area contributed by atoms with Crippen molar-refractivity contribution in [3.05, 3.63) is 46.7 Å². The molecule has 1 aliphatic carbocycles. The Balaban J connectivity index is 1.67. The first kappa shape index (κ1) is 18.5. The lowest BCUT2D eigenvalue weighted by Gasteiger charge is -2.23. The van der Waals surface area contributed by atoms with Gasteiger partial charge in [-0.15, -0.1) is 0 Å². The van der Waals surface area contributed by atoms with E-state index >= 15 is 0 Å². The van der Waals surface area contributed by atoms with E-state index in [1.807, 2.05) is 13.0 Å². The van der Waals surface area contributed by atoms with Crippen LogP contribution >= 0.6 is 11.6 Å². The number of rotatable bonds is 5. The molecule has 6 heteroatoms. The van der Waals surface area contributed by atoms with Crippen molar-refractivity contribution in [1.29, 1.82) is 0 Å². The van der Waals surface area contributed by atoms with Gasteiger partial charge < -0.3 is 15.4 Å². The van der Waals surface area contributed by atoms with E-state index in [9.17, 15) is 4.79 Å². The Morgan fingerprint density at radius 2 is 2.00 bits per heavy atom. The third kappa shape index (κ3) is 4.47. The molecule has 1 amide bonds. The van der Waals surface area contributed by atoms with Crippen molar-refractivity contribution in [2.45, 2.75) is 45.1 Å². The van der Waals surface area contributed by atoms with Gasteiger partial charge in [-0.05, 0) is 43.5 Å². The highest BCUT2D eigenvalue weighted by Crippen LogP contribution is 2.31. The summed E-state index contributed by atoms with van der Waals surface area (Å²) >= 11 is 6.10. The molecule has 138 valence electrons. The van der Waals surface area contributed by atoms with Crippen molar-refractivity contribution in [2.75, 3.05) is 17.7 Å². The number of nitrogens with one attached hydrogen (secondary N) is 2. The highest BCUT2D eigenvalue weighted by Gasteiger charge is 2.15. The molecule has 0 bridgehead atoms. The second kappa shape index (κ2) is 8.41. The molecule has 0 radical (unpaired) electrons. The molecule has 1 aromatic carbocycles. The van der Waals surface area contributed by atoms with Crippen molar-refractivity contribution in [1.82, 2.24) is 4.98 Å². The number of pyridine rings is 1. The summed E-state index contributed by atoms with van der Waals surface area (Å²) in [5.74, 6) is 0.235. The molecule has 2 aromatic rings. The highest BCUT2D eigenvalue weighted by molar-refractivity contribution is 6.31. The SMILES string of the molecule is COc1cc(Cl)c(C)cc1NC(=O)c1ccc(NC2CCCCC2)cn1. The van der Waals surface area contributed by atoms with E-state index in [2.05, 4.69) is 15.6 Å². The van der Waals surface area contributed by atoms with Gasteiger partial charge in [0.2, 0.25) is 0 Å². The summed E-state index contributed by atoms with van der Waals surface area (Å²) < 4.78 is 5.29. The molecular weight excluding hydrogens is 350 g/mol. The Morgan fingerprint density at radius 1 is 1.23 bits per heavy atom. The first-order valence-corrected chi connectivity index (χ1v) is 9.32. The molecular formula is C20H24ClN3O2. The van der Waals surface area contributed by atoms with Gasteiger partial charge in [0.25, 0.3) is 5.91 Å². The van der Waals surface area contributed by atoms with Crippen LogP contribution in [0.5, 0.6) is 5.75 Å². The number of aromatic nitrogens is 1. The summed E-state index contributed by atoms with van der Waals surface area (Å²) in [5, 5.41) is 6.93. The van der Waals surface area contributed by atoms with Crippen molar-refractivity contribution in [3.63, 3.8) is 0 Å². The van der Waals surface area contributed by atoms with E-state index < -0.39 is 0 Å². The minimum absolute atomic E-state index is 0.283. The van der Waals surface area contributed by atoms with Crippen LogP contribution in [-0.2, 0) is 0 Å². The van der Waals surface area contributed by atoms with Crippen LogP contribution in [0.1, 0.15) is 48.2 Å². The molecule has 2 N–H and O–H groups in total. The van der Waals surface area contributed by atoms with E-state index in [-0.39, 0.29) is 5.91 Å². The molecule has 0 unspecified atom stereocenters. The molecule has 1 fully saturated rings. The Morgan fingerprint density at radius 3 is 2.65 bits per heavy atom. The molecule has 0 spiro atoms. The summed E-state index contributed by atoms with van der Waals surface area (Å²) in [6, 6.07) is 7.62. The van der Waals surface area contributed by atoms with Crippen LogP contribution in [-0.4, -0.2) is 24.0 Å². The largest absolute Gasteiger partial charge is 0.495 e. The second-order valence-corrected chi connectivity index (χ2v) is 7.07. The zero-order chi connectivity index (χ0) is 18.5. The number of benzene rings is 1. The molecule has 3 rings (SSSR count). The zero-order valence-corrected chi connectivity index (χ0v) is 15.9. The van der Waals surface area contributed by atoms with Gasteiger partial charge >= 0.3 is 0 Å². The minimum atomic E-state index is -0.283. The highest BCUT2D eigenvalue weighted by atomic mass is 35.5. The van der Waals surface area contributed by atoms with E-state index in [1.54, 1.807) is 31.5 Å². The fourth-order valence-electron chi connectivity index (χ4n) is 3.21. The summed E-state index contributed by atoms with van der Waals surface area (Å²) in [4.78, 5) is 16.8. The van der Waals surface area contributed by atoms with E-state index in [0.717, 1.165) is 11.3 Å². The summed E-state index contributed by atoms with van der Waals surface area (Å²) in [6.07, 6.45) is 7.97. The molecule has 1 saturated carbocycles. The van der Waals surface area contributed by atoms with Crippen molar-refractivity contribution in [2.24, 2.45) is 0 Å². The predicted octanol–water partition coefficient (Wildman–Crippen LogP) is 5.05. The fourth-order valence-corrected chi connectivity index (χ4v) is 3.37. The van der Waals surface area contributed by atoms with Crippen LogP contribution in [0.25, 0.3) is 0 Å². The van der Waals surface area contributed by atoms with Crippen LogP contribution < -0.4 is 15.4 Å². The van der Waals surface area contributed by atoms with Gasteiger partial charge in [0, 0.05) is 17.1 Å². The maximum atomic E-state index is 12.5. The smallest absolute Gasteiger partial charge is 0.274 e. The van der Waals surface area contributed by atoms with Gasteiger partial charge in [-0.2, -0.15) is 0 Å². The number of hydrogen-bond donors (Lipinski definition) is 2. The Hall–Kier alpha value is -2.27. The summed E-state index contributed by atoms with van der Waals surface area (Å²) in [5.41, 5.74) is 2.75. The molecule has 0 saturated heterocycles. The average molecular weight is 374 g/mol. The van der Waals surface area contributed by atoms with Crippen LogP contribution in [0.3, 0.4) is 0 Å². The number of carbonyl (C=O) groups is 1. The summed E-state index contributed by atoms with van der Waals surface area (Å²) in [6.45, 7) is 1.88. The minimum Gasteiger partial charge on any atom is -0.495 e. The monoisotopic (exact) mass is 373 g/mol. The van der Waals surface area contributed by atoms with Crippen LogP contribution in [0.4, 0.5) is 11.4 Å². The number of amides is 1. The van der Waals surface area contributed by atoms with E-state index in [0.29, 0.717) is 28.2 Å². The molecule has 1 aliphatic rings. The number of ether oxygens (including phenoxy) is 1. The quantitative estimate of drug-likeness (QED) is 0.769. The van der Waals surface area contributed by atoms with Crippen LogP contribution in [0.15, 0.2) is 30.5 Å². The summed E-state index contributed by atoms with van der Waals surface area (Å²) in [7, 11) is 1.54. The lowest BCUT2D eigenvalue weighted by atomic mass is 9.95. The van der Waals surface area contributed by atoms with Crippen LogP contribution in [0, 0.1) is 6.92 Å². The van der Waals surface area contributed by atoms with E-state index in [1.165, 1.54) is 32.1 Å². The third-order valence-electron chi connectivity index (χ3n) is 4.70. The molecule has 0 aliphatic heterocycles. The number of aryl methyl sites for hydroxylation is 1. The maximum Gasteiger partial charge on any atom is 0.274 e. The van der Waals surface area contributed by atoms with Gasteiger partial charge in [-0.25, -0.2) is 4.98 Å². The number of hydrogen-bond acceptors (Lipinski definition) is 4. The third-order valence-corrected chi connectivity index (χ3v) is 5.11. The van der Waals surface area contributed by atoms with Gasteiger partial charge in [0.05, 0.1) is 24.7 Å². The molecule has 0 atom stereocenters. The Bertz CT molecular complexity index is 771. The number of carbonyl (C=O) groups excluding carboxylic acids is 1. The lowest BCUT2D eigenvalue weighted by molar-refractivity contribution is 0.102.